The van der Waals surface area contributed by atoms with Crippen LogP contribution in [0.2, 0.25) is 0 Å². The first-order valence-corrected chi connectivity index (χ1v) is 12.4. The van der Waals surface area contributed by atoms with Gasteiger partial charge >= 0.3 is 0 Å². The van der Waals surface area contributed by atoms with Gasteiger partial charge < -0.3 is 29.9 Å². The summed E-state index contributed by atoms with van der Waals surface area (Å²) in [4.78, 5) is 0. The minimum Gasteiger partial charge on any atom is -0.486 e. The highest BCUT2D eigenvalue weighted by atomic mass is 32.2. The minimum atomic E-state index is -1.27. The first-order valence-electron chi connectivity index (χ1n) is 11.5. The summed E-state index contributed by atoms with van der Waals surface area (Å²) < 4.78 is 11.4. The molecule has 6 nitrogen and oxygen atoms in total. The second-order valence-corrected chi connectivity index (χ2v) is 11.1. The van der Waals surface area contributed by atoms with Crippen LogP contribution in [0.3, 0.4) is 0 Å². The van der Waals surface area contributed by atoms with Gasteiger partial charge in [-0.1, -0.05) is 30.7 Å². The Morgan fingerprint density at radius 3 is 2.50 bits per heavy atom. The molecular formula is C25H32O6S. The zero-order valence-corrected chi connectivity index (χ0v) is 19.1. The number of fused-ring (bicyclic) bond motifs is 1. The van der Waals surface area contributed by atoms with E-state index in [9.17, 15) is 20.4 Å². The molecule has 1 saturated heterocycles. The first kappa shape index (κ1) is 22.3. The van der Waals surface area contributed by atoms with E-state index in [2.05, 4.69) is 31.2 Å². The van der Waals surface area contributed by atoms with E-state index < -0.39 is 29.0 Å². The van der Waals surface area contributed by atoms with Crippen molar-refractivity contribution in [1.82, 2.24) is 0 Å². The molecule has 0 bridgehead atoms. The third kappa shape index (κ3) is 4.10. The van der Waals surface area contributed by atoms with Crippen LogP contribution in [0.25, 0.3) is 0 Å². The molecule has 1 saturated carbocycles. The number of hydrogen-bond acceptors (Lipinski definition) is 7. The Bertz CT molecular complexity index is 923. The Balaban J connectivity index is 1.41. The lowest BCUT2D eigenvalue weighted by Crippen LogP contribution is -2.58. The standard InChI is InChI=1S/C25H32O6S/c1-25(24-23(29)22(28)21(27)20(13-26)32-24)7-6-17(15-3-4-15)16(12-25)10-14-2-5-18-19(11-14)31-9-8-30-18/h2,5-7,11,15,20-24,26-29H,3-4,8-10,12-13H2,1H3/t20-,21-,22+,23-,24-,25?/m1/s1. The van der Waals surface area contributed by atoms with E-state index in [1.807, 2.05) is 6.07 Å². The molecule has 0 spiro atoms. The van der Waals surface area contributed by atoms with Crippen LogP contribution < -0.4 is 9.47 Å². The molecule has 6 atom stereocenters. The van der Waals surface area contributed by atoms with E-state index in [1.165, 1.54) is 41.3 Å². The molecule has 1 unspecified atom stereocenters. The highest BCUT2D eigenvalue weighted by molar-refractivity contribution is 8.00. The number of rotatable bonds is 5. The van der Waals surface area contributed by atoms with Crippen molar-refractivity contribution in [3.8, 4) is 11.5 Å². The van der Waals surface area contributed by atoms with Crippen LogP contribution >= 0.6 is 11.8 Å². The summed E-state index contributed by atoms with van der Waals surface area (Å²) in [6.07, 6.45) is 4.90. The lowest BCUT2D eigenvalue weighted by molar-refractivity contribution is -0.0781. The fraction of sp³-hybridized carbons (Fsp3) is 0.600. The summed E-state index contributed by atoms with van der Waals surface area (Å²) in [7, 11) is 0. The van der Waals surface area contributed by atoms with Crippen LogP contribution in [0, 0.1) is 11.3 Å². The third-order valence-electron chi connectivity index (χ3n) is 7.23. The maximum Gasteiger partial charge on any atom is 0.161 e. The van der Waals surface area contributed by atoms with E-state index in [0.29, 0.717) is 19.1 Å². The highest BCUT2D eigenvalue weighted by Gasteiger charge is 2.50. The van der Waals surface area contributed by atoms with Gasteiger partial charge in [0.15, 0.2) is 11.5 Å². The Labute approximate surface area is 192 Å². The fourth-order valence-electron chi connectivity index (χ4n) is 5.29. The molecule has 2 heterocycles. The third-order valence-corrected chi connectivity index (χ3v) is 9.12. The summed E-state index contributed by atoms with van der Waals surface area (Å²) in [5.74, 6) is 2.18. The molecule has 2 fully saturated rings. The maximum absolute atomic E-state index is 10.8. The summed E-state index contributed by atoms with van der Waals surface area (Å²) in [5.41, 5.74) is 3.51. The number of hydrogen-bond donors (Lipinski definition) is 4. The monoisotopic (exact) mass is 460 g/mol. The first-order chi connectivity index (χ1) is 15.4. The predicted octanol–water partition coefficient (Wildman–Crippen LogP) is 2.23. The Morgan fingerprint density at radius 2 is 1.78 bits per heavy atom. The van der Waals surface area contributed by atoms with Crippen molar-refractivity contribution in [2.75, 3.05) is 19.8 Å². The molecule has 4 aliphatic rings. The van der Waals surface area contributed by atoms with Crippen molar-refractivity contribution in [3.63, 3.8) is 0 Å². The second-order valence-electron chi connectivity index (χ2n) is 9.75. The van der Waals surface area contributed by atoms with Gasteiger partial charge in [0.1, 0.15) is 19.3 Å². The number of aliphatic hydroxyl groups excluding tert-OH is 4. The van der Waals surface area contributed by atoms with E-state index >= 15 is 0 Å². The van der Waals surface area contributed by atoms with Crippen LogP contribution in [-0.2, 0) is 6.42 Å². The lowest BCUT2D eigenvalue weighted by Gasteiger charge is -2.48. The molecule has 1 aromatic rings. The zero-order valence-electron chi connectivity index (χ0n) is 18.3. The Hall–Kier alpha value is -1.51. The molecule has 0 radical (unpaired) electrons. The average Bonchev–Trinajstić information content (AvgIpc) is 3.63. The summed E-state index contributed by atoms with van der Waals surface area (Å²) in [5, 5.41) is 40.4. The van der Waals surface area contributed by atoms with Gasteiger partial charge in [-0.05, 0) is 54.9 Å². The van der Waals surface area contributed by atoms with Gasteiger partial charge in [-0.2, -0.15) is 0 Å². The second kappa shape index (κ2) is 8.69. The van der Waals surface area contributed by atoms with Crippen LogP contribution in [0.5, 0.6) is 11.5 Å². The molecule has 0 amide bonds. The van der Waals surface area contributed by atoms with Crippen LogP contribution in [-0.4, -0.2) is 69.1 Å². The molecule has 5 rings (SSSR count). The van der Waals surface area contributed by atoms with Crippen molar-refractivity contribution in [2.45, 2.75) is 61.4 Å². The van der Waals surface area contributed by atoms with Crippen molar-refractivity contribution < 1.29 is 29.9 Å². The van der Waals surface area contributed by atoms with Crippen molar-refractivity contribution >= 4 is 11.8 Å². The van der Waals surface area contributed by atoms with Crippen molar-refractivity contribution in [1.29, 1.82) is 0 Å². The Morgan fingerprint density at radius 1 is 1.03 bits per heavy atom. The van der Waals surface area contributed by atoms with E-state index in [-0.39, 0.29) is 11.9 Å². The van der Waals surface area contributed by atoms with E-state index in [0.717, 1.165) is 24.3 Å². The molecule has 7 heteroatoms. The van der Waals surface area contributed by atoms with Gasteiger partial charge in [-0.25, -0.2) is 0 Å². The number of allylic oxidation sites excluding steroid dienone is 4. The van der Waals surface area contributed by atoms with Gasteiger partial charge in [-0.3, -0.25) is 0 Å². The molecule has 0 aromatic heterocycles. The fourth-order valence-corrected chi connectivity index (χ4v) is 6.87. The van der Waals surface area contributed by atoms with Gasteiger partial charge in [0.2, 0.25) is 0 Å². The van der Waals surface area contributed by atoms with Gasteiger partial charge in [-0.15, -0.1) is 11.8 Å². The van der Waals surface area contributed by atoms with Crippen molar-refractivity contribution in [2.24, 2.45) is 11.3 Å². The topological polar surface area (TPSA) is 99.4 Å². The smallest absolute Gasteiger partial charge is 0.161 e. The number of ether oxygens (including phenoxy) is 2. The van der Waals surface area contributed by atoms with Crippen LogP contribution in [0.1, 0.15) is 31.7 Å². The van der Waals surface area contributed by atoms with E-state index in [1.54, 1.807) is 0 Å². The number of benzene rings is 1. The minimum absolute atomic E-state index is 0.237. The molecule has 2 aliphatic heterocycles. The van der Waals surface area contributed by atoms with Crippen LogP contribution in [0.4, 0.5) is 0 Å². The maximum atomic E-state index is 10.8. The van der Waals surface area contributed by atoms with Gasteiger partial charge in [0.05, 0.1) is 24.1 Å². The van der Waals surface area contributed by atoms with Crippen molar-refractivity contribution in [3.05, 3.63) is 47.1 Å². The molecule has 4 N–H and O–H groups in total. The number of aliphatic hydroxyl groups is 4. The Kier molecular flexibility index (Phi) is 6.05. The lowest BCUT2D eigenvalue weighted by atomic mass is 9.71. The highest BCUT2D eigenvalue weighted by Crippen LogP contribution is 2.51. The summed E-state index contributed by atoms with van der Waals surface area (Å²) >= 11 is 1.39. The SMILES string of the molecule is CC1([C@@H]2S[C@H](CO)[C@@H](O)[C@H](O)[C@H]2O)C=CC(C2CC2)=C(Cc2ccc3c(c2)OCCO3)C1. The molecule has 32 heavy (non-hydrogen) atoms. The molecule has 1 aromatic carbocycles. The van der Waals surface area contributed by atoms with Gasteiger partial charge in [0, 0.05) is 10.7 Å². The largest absolute Gasteiger partial charge is 0.486 e. The molecule has 2 aliphatic carbocycles. The van der Waals surface area contributed by atoms with Crippen LogP contribution in [0.15, 0.2) is 41.5 Å². The predicted molar refractivity (Wildman–Crippen MR) is 123 cm³/mol. The van der Waals surface area contributed by atoms with Gasteiger partial charge in [0.25, 0.3) is 0 Å². The zero-order chi connectivity index (χ0) is 22.5. The summed E-state index contributed by atoms with van der Waals surface area (Å²) in [6.45, 7) is 3.00. The molecular weight excluding hydrogens is 428 g/mol. The molecule has 174 valence electrons. The summed E-state index contributed by atoms with van der Waals surface area (Å²) in [6, 6.07) is 6.13. The normalized spacial score (nSPS) is 37.0. The van der Waals surface area contributed by atoms with E-state index in [4.69, 9.17) is 9.47 Å². The number of thioether (sulfide) groups is 1. The quantitative estimate of drug-likeness (QED) is 0.535. The average molecular weight is 461 g/mol.